The molecule has 3 nitrogen and oxygen atoms in total. The van der Waals surface area contributed by atoms with E-state index >= 15 is 0 Å². The quantitative estimate of drug-likeness (QED) is 0.834. The second kappa shape index (κ2) is 3.72. The molecule has 1 N–H and O–H groups in total. The van der Waals surface area contributed by atoms with Gasteiger partial charge in [0.25, 0.3) is 0 Å². The molecule has 2 aromatic rings. The highest BCUT2D eigenvalue weighted by Crippen LogP contribution is 2.27. The fraction of sp³-hybridized carbons (Fsp3) is 0.273. The minimum atomic E-state index is 0.625. The van der Waals surface area contributed by atoms with Crippen molar-refractivity contribution in [3.05, 3.63) is 34.9 Å². The Balaban J connectivity index is 1.90. The third-order valence-corrected chi connectivity index (χ3v) is 3.62. The summed E-state index contributed by atoms with van der Waals surface area (Å²) in [4.78, 5) is 8.74. The highest BCUT2D eigenvalue weighted by molar-refractivity contribution is 7.10. The molecule has 1 aliphatic heterocycles. The molecule has 76 valence electrons. The average molecular weight is 217 g/mol. The number of pyridine rings is 1. The van der Waals surface area contributed by atoms with Crippen molar-refractivity contribution in [2.75, 3.05) is 13.1 Å². The third kappa shape index (κ3) is 1.66. The lowest BCUT2D eigenvalue weighted by atomic mass is 10.1. The van der Waals surface area contributed by atoms with E-state index in [-0.39, 0.29) is 0 Å². The first-order valence-electron chi connectivity index (χ1n) is 5.00. The van der Waals surface area contributed by atoms with Crippen molar-refractivity contribution < 1.29 is 0 Å². The predicted molar refractivity (Wildman–Crippen MR) is 61.0 cm³/mol. The highest BCUT2D eigenvalue weighted by atomic mass is 32.1. The summed E-state index contributed by atoms with van der Waals surface area (Å²) < 4.78 is 0. The zero-order chi connectivity index (χ0) is 10.1. The van der Waals surface area contributed by atoms with Crippen molar-refractivity contribution in [1.82, 2.24) is 15.3 Å². The molecule has 15 heavy (non-hydrogen) atoms. The van der Waals surface area contributed by atoms with E-state index in [0.29, 0.717) is 5.92 Å². The maximum atomic E-state index is 4.64. The van der Waals surface area contributed by atoms with E-state index < -0.39 is 0 Å². The van der Waals surface area contributed by atoms with Crippen molar-refractivity contribution >= 4 is 11.3 Å². The molecule has 2 aromatic heterocycles. The van der Waals surface area contributed by atoms with Crippen LogP contribution in [0.1, 0.15) is 10.9 Å². The van der Waals surface area contributed by atoms with E-state index in [1.807, 2.05) is 18.3 Å². The molecule has 0 saturated carbocycles. The Kier molecular flexibility index (Phi) is 2.23. The van der Waals surface area contributed by atoms with Gasteiger partial charge in [0.2, 0.25) is 0 Å². The molecule has 4 heteroatoms. The van der Waals surface area contributed by atoms with Gasteiger partial charge < -0.3 is 5.32 Å². The van der Waals surface area contributed by atoms with Gasteiger partial charge in [0.15, 0.2) is 0 Å². The second-order valence-electron chi connectivity index (χ2n) is 3.67. The number of aromatic nitrogens is 2. The van der Waals surface area contributed by atoms with Crippen molar-refractivity contribution in [1.29, 1.82) is 0 Å². The van der Waals surface area contributed by atoms with Crippen molar-refractivity contribution in [3.8, 4) is 11.3 Å². The van der Waals surface area contributed by atoms with E-state index in [0.717, 1.165) is 24.3 Å². The van der Waals surface area contributed by atoms with Gasteiger partial charge in [-0.15, -0.1) is 11.3 Å². The summed E-state index contributed by atoms with van der Waals surface area (Å²) in [6.45, 7) is 2.14. The normalized spacial score (nSPS) is 16.3. The zero-order valence-electron chi connectivity index (χ0n) is 8.18. The summed E-state index contributed by atoms with van der Waals surface area (Å²) in [6, 6.07) is 3.99. The number of nitrogens with zero attached hydrogens (tertiary/aromatic N) is 2. The molecule has 1 aliphatic rings. The predicted octanol–water partition coefficient (Wildman–Crippen LogP) is 1.89. The lowest BCUT2D eigenvalue weighted by Gasteiger charge is -2.24. The van der Waals surface area contributed by atoms with Crippen LogP contribution in [0.3, 0.4) is 0 Å². The van der Waals surface area contributed by atoms with Gasteiger partial charge >= 0.3 is 0 Å². The third-order valence-electron chi connectivity index (χ3n) is 2.61. The Morgan fingerprint density at radius 2 is 2.33 bits per heavy atom. The van der Waals surface area contributed by atoms with Crippen LogP contribution in [-0.4, -0.2) is 23.1 Å². The standard InChI is InChI=1S/C11H11N3S/c1-2-8(4-12-3-1)10-7-15-11(14-10)9-5-13-6-9/h1-4,7,9,13H,5-6H2. The molecule has 1 fully saturated rings. The van der Waals surface area contributed by atoms with Crippen LogP contribution in [0.15, 0.2) is 29.9 Å². The zero-order valence-corrected chi connectivity index (χ0v) is 9.00. The summed E-state index contributed by atoms with van der Waals surface area (Å²) in [5, 5.41) is 6.62. The summed E-state index contributed by atoms with van der Waals surface area (Å²) in [5.74, 6) is 0.625. The number of thiazole rings is 1. The first-order chi connectivity index (χ1) is 7.43. The van der Waals surface area contributed by atoms with Crippen molar-refractivity contribution in [3.63, 3.8) is 0 Å². The largest absolute Gasteiger partial charge is 0.315 e. The van der Waals surface area contributed by atoms with E-state index in [4.69, 9.17) is 0 Å². The fourth-order valence-electron chi connectivity index (χ4n) is 1.59. The molecule has 1 saturated heterocycles. The van der Waals surface area contributed by atoms with Crippen molar-refractivity contribution in [2.45, 2.75) is 5.92 Å². The van der Waals surface area contributed by atoms with Gasteiger partial charge in [-0.3, -0.25) is 4.98 Å². The van der Waals surface area contributed by atoms with Crippen LogP contribution in [-0.2, 0) is 0 Å². The molecule has 0 amide bonds. The smallest absolute Gasteiger partial charge is 0.0989 e. The number of rotatable bonds is 2. The van der Waals surface area contributed by atoms with Crippen LogP contribution in [0, 0.1) is 0 Å². The monoisotopic (exact) mass is 217 g/mol. The first kappa shape index (κ1) is 9.00. The van der Waals surface area contributed by atoms with E-state index in [2.05, 4.69) is 20.7 Å². The fourth-order valence-corrected chi connectivity index (χ4v) is 2.52. The summed E-state index contributed by atoms with van der Waals surface area (Å²) in [7, 11) is 0. The molecule has 0 radical (unpaired) electrons. The van der Waals surface area contributed by atoms with E-state index in [9.17, 15) is 0 Å². The molecule has 3 heterocycles. The van der Waals surface area contributed by atoms with Gasteiger partial charge in [-0.2, -0.15) is 0 Å². The molecule has 0 aromatic carbocycles. The Morgan fingerprint density at radius 1 is 1.40 bits per heavy atom. The number of hydrogen-bond acceptors (Lipinski definition) is 4. The van der Waals surface area contributed by atoms with Crippen LogP contribution in [0.5, 0.6) is 0 Å². The maximum absolute atomic E-state index is 4.64. The molecule has 0 atom stereocenters. The highest BCUT2D eigenvalue weighted by Gasteiger charge is 2.22. The van der Waals surface area contributed by atoms with Crippen LogP contribution >= 0.6 is 11.3 Å². The molecule has 0 aliphatic carbocycles. The van der Waals surface area contributed by atoms with Gasteiger partial charge in [-0.1, -0.05) is 0 Å². The first-order valence-corrected chi connectivity index (χ1v) is 5.88. The summed E-state index contributed by atoms with van der Waals surface area (Å²) in [6.07, 6.45) is 3.64. The SMILES string of the molecule is c1cncc(-c2csc(C3CNC3)n2)c1. The minimum Gasteiger partial charge on any atom is -0.315 e. The minimum absolute atomic E-state index is 0.625. The Hall–Kier alpha value is -1.26. The lowest BCUT2D eigenvalue weighted by Crippen LogP contribution is -2.39. The van der Waals surface area contributed by atoms with Gasteiger partial charge in [0, 0.05) is 42.3 Å². The molecule has 0 unspecified atom stereocenters. The summed E-state index contributed by atoms with van der Waals surface area (Å²) in [5.41, 5.74) is 2.15. The molecular weight excluding hydrogens is 206 g/mol. The lowest BCUT2D eigenvalue weighted by molar-refractivity contribution is 0.447. The van der Waals surface area contributed by atoms with Crippen LogP contribution in [0.4, 0.5) is 0 Å². The van der Waals surface area contributed by atoms with E-state index in [1.54, 1.807) is 17.5 Å². The molecule has 0 spiro atoms. The Labute approximate surface area is 92.2 Å². The number of hydrogen-bond donors (Lipinski definition) is 1. The Morgan fingerprint density at radius 3 is 3.00 bits per heavy atom. The molecular formula is C11H11N3S. The summed E-state index contributed by atoms with van der Waals surface area (Å²) >= 11 is 1.75. The second-order valence-corrected chi connectivity index (χ2v) is 4.56. The van der Waals surface area contributed by atoms with E-state index in [1.165, 1.54) is 5.01 Å². The van der Waals surface area contributed by atoms with Crippen molar-refractivity contribution in [2.24, 2.45) is 0 Å². The Bertz CT molecular complexity index is 448. The van der Waals surface area contributed by atoms with Gasteiger partial charge in [0.05, 0.1) is 10.7 Å². The maximum Gasteiger partial charge on any atom is 0.0989 e. The van der Waals surface area contributed by atoms with Crippen LogP contribution in [0.2, 0.25) is 0 Å². The van der Waals surface area contributed by atoms with Gasteiger partial charge in [0.1, 0.15) is 0 Å². The van der Waals surface area contributed by atoms with Gasteiger partial charge in [-0.25, -0.2) is 4.98 Å². The average Bonchev–Trinajstić information content (AvgIpc) is 2.66. The molecule has 0 bridgehead atoms. The van der Waals surface area contributed by atoms with Gasteiger partial charge in [-0.05, 0) is 12.1 Å². The number of nitrogens with one attached hydrogen (secondary N) is 1. The topological polar surface area (TPSA) is 37.8 Å². The van der Waals surface area contributed by atoms with Crippen LogP contribution in [0.25, 0.3) is 11.3 Å². The molecule has 3 rings (SSSR count). The van der Waals surface area contributed by atoms with Crippen LogP contribution < -0.4 is 5.32 Å².